The molecule has 0 bridgehead atoms. The summed E-state index contributed by atoms with van der Waals surface area (Å²) in [5.74, 6) is 0.459. The first kappa shape index (κ1) is 22.1. The maximum atomic E-state index is 12.4. The third-order valence-electron chi connectivity index (χ3n) is 4.00. The van der Waals surface area contributed by atoms with Crippen LogP contribution in [0.1, 0.15) is 33.1 Å². The van der Waals surface area contributed by atoms with E-state index in [-0.39, 0.29) is 17.1 Å². The van der Waals surface area contributed by atoms with Crippen molar-refractivity contribution in [2.75, 3.05) is 17.7 Å². The normalized spacial score (nSPS) is 11.6. The molecule has 0 aliphatic rings. The third-order valence-corrected chi connectivity index (χ3v) is 5.40. The molecule has 7 heteroatoms. The van der Waals surface area contributed by atoms with Crippen LogP contribution in [0, 0.1) is 0 Å². The Morgan fingerprint density at radius 2 is 1.79 bits per heavy atom. The van der Waals surface area contributed by atoms with Crippen molar-refractivity contribution in [3.8, 4) is 5.75 Å². The summed E-state index contributed by atoms with van der Waals surface area (Å²) in [4.78, 5) is 25.2. The third kappa shape index (κ3) is 6.77. The maximum Gasteiger partial charge on any atom is 0.237 e. The standard InChI is InChI=1S/C21H25ClN2O3S/c1-4-5-6-20(25)23-15-7-10-17(11-8-15)28-14(2)21(26)24-16-9-12-19(27-3)18(22)13-16/h7-14H,4-6H2,1-3H3,(H,23,25)(H,24,26). The summed E-state index contributed by atoms with van der Waals surface area (Å²) in [5, 5.41) is 5.87. The summed E-state index contributed by atoms with van der Waals surface area (Å²) in [6.45, 7) is 3.89. The molecule has 0 saturated carbocycles. The van der Waals surface area contributed by atoms with E-state index < -0.39 is 0 Å². The molecule has 1 unspecified atom stereocenters. The fourth-order valence-electron chi connectivity index (χ4n) is 2.42. The highest BCUT2D eigenvalue weighted by atomic mass is 35.5. The van der Waals surface area contributed by atoms with Crippen molar-refractivity contribution < 1.29 is 14.3 Å². The van der Waals surface area contributed by atoms with Gasteiger partial charge in [-0.3, -0.25) is 9.59 Å². The molecule has 0 radical (unpaired) electrons. The van der Waals surface area contributed by atoms with Gasteiger partial charge in [-0.2, -0.15) is 0 Å². The molecule has 0 aliphatic heterocycles. The van der Waals surface area contributed by atoms with Crippen molar-refractivity contribution >= 4 is 46.6 Å². The van der Waals surface area contributed by atoms with E-state index in [0.29, 0.717) is 22.9 Å². The number of amides is 2. The van der Waals surface area contributed by atoms with E-state index >= 15 is 0 Å². The molecule has 0 spiro atoms. The molecule has 2 aromatic carbocycles. The molecular formula is C21H25ClN2O3S. The lowest BCUT2D eigenvalue weighted by atomic mass is 10.2. The van der Waals surface area contributed by atoms with Gasteiger partial charge in [0.05, 0.1) is 17.4 Å². The average molecular weight is 421 g/mol. The number of halogens is 1. The van der Waals surface area contributed by atoms with Crippen LogP contribution in [0.3, 0.4) is 0 Å². The first-order valence-electron chi connectivity index (χ1n) is 9.14. The highest BCUT2D eigenvalue weighted by Crippen LogP contribution is 2.29. The Hall–Kier alpha value is -2.18. The second kappa shape index (κ2) is 11.0. The Morgan fingerprint density at radius 1 is 1.11 bits per heavy atom. The molecule has 2 amide bonds. The molecule has 0 aromatic heterocycles. The molecule has 2 N–H and O–H groups in total. The van der Waals surface area contributed by atoms with Gasteiger partial charge in [0.15, 0.2) is 0 Å². The first-order valence-corrected chi connectivity index (χ1v) is 10.4. The van der Waals surface area contributed by atoms with Gasteiger partial charge in [0, 0.05) is 22.7 Å². The Morgan fingerprint density at radius 3 is 2.39 bits per heavy atom. The van der Waals surface area contributed by atoms with Crippen molar-refractivity contribution in [1.29, 1.82) is 0 Å². The molecule has 5 nitrogen and oxygen atoms in total. The smallest absolute Gasteiger partial charge is 0.237 e. The molecule has 0 heterocycles. The molecule has 2 aromatic rings. The quantitative estimate of drug-likeness (QED) is 0.518. The number of carbonyl (C=O) groups is 2. The van der Waals surface area contributed by atoms with Gasteiger partial charge in [0.1, 0.15) is 5.75 Å². The van der Waals surface area contributed by atoms with Gasteiger partial charge in [-0.25, -0.2) is 0 Å². The van der Waals surface area contributed by atoms with E-state index in [0.717, 1.165) is 23.4 Å². The number of benzene rings is 2. The van der Waals surface area contributed by atoms with E-state index in [1.165, 1.54) is 11.8 Å². The number of hydrogen-bond donors (Lipinski definition) is 2. The fourth-order valence-corrected chi connectivity index (χ4v) is 3.55. The van der Waals surface area contributed by atoms with E-state index in [4.69, 9.17) is 16.3 Å². The number of ether oxygens (including phenoxy) is 1. The lowest BCUT2D eigenvalue weighted by Crippen LogP contribution is -2.22. The summed E-state index contributed by atoms with van der Waals surface area (Å²) in [6, 6.07) is 12.6. The second-order valence-electron chi connectivity index (χ2n) is 6.27. The highest BCUT2D eigenvalue weighted by molar-refractivity contribution is 8.00. The van der Waals surface area contributed by atoms with Crippen LogP contribution < -0.4 is 15.4 Å². The number of unbranched alkanes of at least 4 members (excludes halogenated alkanes) is 1. The Balaban J connectivity index is 1.89. The van der Waals surface area contributed by atoms with Crippen LogP contribution in [0.5, 0.6) is 5.75 Å². The molecule has 0 fully saturated rings. The van der Waals surface area contributed by atoms with E-state index in [9.17, 15) is 9.59 Å². The Labute approximate surface area is 175 Å². The second-order valence-corrected chi connectivity index (χ2v) is 8.10. The largest absolute Gasteiger partial charge is 0.495 e. The Kier molecular flexibility index (Phi) is 8.67. The van der Waals surface area contributed by atoms with Crippen LogP contribution in [0.4, 0.5) is 11.4 Å². The highest BCUT2D eigenvalue weighted by Gasteiger charge is 2.15. The molecule has 0 saturated heterocycles. The van der Waals surface area contributed by atoms with Crippen molar-refractivity contribution in [2.45, 2.75) is 43.3 Å². The summed E-state index contributed by atoms with van der Waals surface area (Å²) in [7, 11) is 1.54. The minimum atomic E-state index is -0.300. The van der Waals surface area contributed by atoms with E-state index in [1.54, 1.807) is 25.3 Å². The van der Waals surface area contributed by atoms with Gasteiger partial charge in [-0.15, -0.1) is 11.8 Å². The number of thioether (sulfide) groups is 1. The van der Waals surface area contributed by atoms with Crippen LogP contribution in [0.25, 0.3) is 0 Å². The molecular weight excluding hydrogens is 396 g/mol. The topological polar surface area (TPSA) is 67.4 Å². The number of methoxy groups -OCH3 is 1. The van der Waals surface area contributed by atoms with Gasteiger partial charge in [0.25, 0.3) is 0 Å². The van der Waals surface area contributed by atoms with Crippen molar-refractivity contribution in [1.82, 2.24) is 0 Å². The zero-order valence-electron chi connectivity index (χ0n) is 16.3. The molecule has 28 heavy (non-hydrogen) atoms. The predicted molar refractivity (Wildman–Crippen MR) is 117 cm³/mol. The zero-order valence-corrected chi connectivity index (χ0v) is 17.8. The van der Waals surface area contributed by atoms with Crippen LogP contribution in [-0.2, 0) is 9.59 Å². The number of nitrogens with one attached hydrogen (secondary N) is 2. The van der Waals surface area contributed by atoms with Crippen LogP contribution in [-0.4, -0.2) is 24.2 Å². The maximum absolute atomic E-state index is 12.4. The van der Waals surface area contributed by atoms with Gasteiger partial charge in [-0.05, 0) is 55.8 Å². The monoisotopic (exact) mass is 420 g/mol. The summed E-state index contributed by atoms with van der Waals surface area (Å²) in [5.41, 5.74) is 1.38. The van der Waals surface area contributed by atoms with E-state index in [1.807, 2.05) is 31.2 Å². The van der Waals surface area contributed by atoms with Crippen molar-refractivity contribution in [2.24, 2.45) is 0 Å². The van der Waals surface area contributed by atoms with Gasteiger partial charge in [0.2, 0.25) is 11.8 Å². The number of rotatable bonds is 9. The zero-order chi connectivity index (χ0) is 20.5. The van der Waals surface area contributed by atoms with Gasteiger partial charge < -0.3 is 15.4 Å². The molecule has 150 valence electrons. The number of carbonyl (C=O) groups excluding carboxylic acids is 2. The summed E-state index contributed by atoms with van der Waals surface area (Å²) >= 11 is 7.53. The minimum absolute atomic E-state index is 0.0214. The van der Waals surface area contributed by atoms with Crippen LogP contribution in [0.2, 0.25) is 5.02 Å². The first-order chi connectivity index (χ1) is 13.4. The van der Waals surface area contributed by atoms with Crippen molar-refractivity contribution in [3.05, 3.63) is 47.5 Å². The SMILES string of the molecule is CCCCC(=O)Nc1ccc(SC(C)C(=O)Nc2ccc(OC)c(Cl)c2)cc1. The summed E-state index contributed by atoms with van der Waals surface area (Å²) in [6.07, 6.45) is 2.40. The van der Waals surface area contributed by atoms with Crippen LogP contribution >= 0.6 is 23.4 Å². The van der Waals surface area contributed by atoms with E-state index in [2.05, 4.69) is 17.6 Å². The number of anilines is 2. The minimum Gasteiger partial charge on any atom is -0.495 e. The molecule has 0 aliphatic carbocycles. The lowest BCUT2D eigenvalue weighted by Gasteiger charge is -2.13. The van der Waals surface area contributed by atoms with Crippen molar-refractivity contribution in [3.63, 3.8) is 0 Å². The molecule has 2 rings (SSSR count). The molecule has 1 atom stereocenters. The van der Waals surface area contributed by atoms with Crippen LogP contribution in [0.15, 0.2) is 47.4 Å². The lowest BCUT2D eigenvalue weighted by molar-refractivity contribution is -0.116. The summed E-state index contributed by atoms with van der Waals surface area (Å²) < 4.78 is 5.11. The Bertz CT molecular complexity index is 812. The fraction of sp³-hybridized carbons (Fsp3) is 0.333. The van der Waals surface area contributed by atoms with Gasteiger partial charge >= 0.3 is 0 Å². The number of hydrogen-bond acceptors (Lipinski definition) is 4. The average Bonchev–Trinajstić information content (AvgIpc) is 2.68. The predicted octanol–water partition coefficient (Wildman–Crippen LogP) is 5.60. The van der Waals surface area contributed by atoms with Gasteiger partial charge in [-0.1, -0.05) is 24.9 Å².